The van der Waals surface area contributed by atoms with E-state index in [1.54, 1.807) is 0 Å². The smallest absolute Gasteiger partial charge is 0.226 e. The molecule has 2 heterocycles. The fraction of sp³-hybridized carbons (Fsp3) is 0.227. The third kappa shape index (κ3) is 2.62. The molecule has 2 aromatic carbocycles. The molecule has 1 aromatic heterocycles. The molecule has 5 heteroatoms. The van der Waals surface area contributed by atoms with Crippen LogP contribution in [0.15, 0.2) is 54.6 Å². The van der Waals surface area contributed by atoms with Gasteiger partial charge in [-0.05, 0) is 7.05 Å². The lowest BCUT2D eigenvalue weighted by Gasteiger charge is -2.32. The fourth-order valence-corrected chi connectivity index (χ4v) is 3.83. The molecule has 1 fully saturated rings. The number of nitrogens with zero attached hydrogens (tertiary/aromatic N) is 4. The molecule has 0 unspecified atom stereocenters. The number of fused-ring (bicyclic) bond motifs is 3. The van der Waals surface area contributed by atoms with Crippen molar-refractivity contribution in [2.45, 2.75) is 0 Å². The Hall–Kier alpha value is -3.05. The normalized spacial score (nSPS) is 16.3. The van der Waals surface area contributed by atoms with Crippen molar-refractivity contribution in [1.29, 1.82) is 0 Å². The Kier molecular flexibility index (Phi) is 3.76. The van der Waals surface area contributed by atoms with Crippen LogP contribution in [0.2, 0.25) is 0 Å². The predicted octanol–water partition coefficient (Wildman–Crippen LogP) is 3.11. The number of ketones is 1. The Balaban J connectivity index is 1.72. The molecule has 0 N–H and O–H groups in total. The van der Waals surface area contributed by atoms with Crippen LogP contribution in [0.1, 0.15) is 15.9 Å². The van der Waals surface area contributed by atoms with Crippen molar-refractivity contribution >= 4 is 11.7 Å². The number of piperazine rings is 1. The summed E-state index contributed by atoms with van der Waals surface area (Å²) in [7, 11) is 2.13. The Morgan fingerprint density at radius 2 is 1.41 bits per heavy atom. The standard InChI is InChI=1S/C22H20N4O/c1-25-11-13-26(14-12-25)22-23-19(15-7-3-2-4-8-15)18-20(24-22)16-9-5-6-10-17(16)21(18)27/h2-10H,11-14H2,1H3. The van der Waals surface area contributed by atoms with Gasteiger partial charge in [0.05, 0.1) is 17.0 Å². The summed E-state index contributed by atoms with van der Waals surface area (Å²) in [6.45, 7) is 3.74. The van der Waals surface area contributed by atoms with E-state index in [-0.39, 0.29) is 5.78 Å². The Morgan fingerprint density at radius 1 is 0.778 bits per heavy atom. The highest BCUT2D eigenvalue weighted by molar-refractivity contribution is 6.23. The first-order valence-electron chi connectivity index (χ1n) is 9.27. The SMILES string of the molecule is CN1CCN(c2nc(-c3ccccc3)c3c(n2)-c2ccccc2C3=O)CC1. The topological polar surface area (TPSA) is 49.3 Å². The van der Waals surface area contributed by atoms with Gasteiger partial charge in [-0.15, -0.1) is 0 Å². The highest BCUT2D eigenvalue weighted by Gasteiger charge is 2.33. The number of carbonyl (C=O) groups is 1. The van der Waals surface area contributed by atoms with Crippen molar-refractivity contribution in [3.8, 4) is 22.5 Å². The molecule has 0 bridgehead atoms. The monoisotopic (exact) mass is 356 g/mol. The Morgan fingerprint density at radius 3 is 2.15 bits per heavy atom. The van der Waals surface area contributed by atoms with Crippen molar-refractivity contribution in [3.63, 3.8) is 0 Å². The molecule has 0 saturated carbocycles. The second-order valence-electron chi connectivity index (χ2n) is 7.13. The van der Waals surface area contributed by atoms with Crippen LogP contribution >= 0.6 is 0 Å². The average Bonchev–Trinajstić information content (AvgIpc) is 3.01. The summed E-state index contributed by atoms with van der Waals surface area (Å²) >= 11 is 0. The van der Waals surface area contributed by atoms with E-state index in [9.17, 15) is 4.79 Å². The number of likely N-dealkylation sites (N-methyl/N-ethyl adjacent to an activating group) is 1. The first-order valence-corrected chi connectivity index (χ1v) is 9.27. The third-order valence-electron chi connectivity index (χ3n) is 5.38. The minimum Gasteiger partial charge on any atom is -0.338 e. The summed E-state index contributed by atoms with van der Waals surface area (Å²) in [6.07, 6.45) is 0. The maximum atomic E-state index is 13.1. The quantitative estimate of drug-likeness (QED) is 0.552. The molecule has 3 aromatic rings. The van der Waals surface area contributed by atoms with Crippen molar-refractivity contribution in [3.05, 3.63) is 65.7 Å². The molecule has 134 valence electrons. The molecule has 27 heavy (non-hydrogen) atoms. The summed E-state index contributed by atoms with van der Waals surface area (Å²) in [5.74, 6) is 0.731. The van der Waals surface area contributed by atoms with Crippen LogP contribution < -0.4 is 4.90 Å². The van der Waals surface area contributed by atoms with E-state index in [1.807, 2.05) is 54.6 Å². The lowest BCUT2D eigenvalue weighted by Crippen LogP contribution is -2.45. The molecule has 5 nitrogen and oxygen atoms in total. The molecule has 2 aliphatic rings. The number of rotatable bonds is 2. The highest BCUT2D eigenvalue weighted by Crippen LogP contribution is 2.40. The Bertz CT molecular complexity index is 1020. The van der Waals surface area contributed by atoms with Gasteiger partial charge in [0.25, 0.3) is 0 Å². The van der Waals surface area contributed by atoms with E-state index >= 15 is 0 Å². The van der Waals surface area contributed by atoms with Crippen LogP contribution in [0, 0.1) is 0 Å². The van der Waals surface area contributed by atoms with E-state index in [0.29, 0.717) is 11.5 Å². The van der Waals surface area contributed by atoms with Gasteiger partial charge in [-0.3, -0.25) is 4.79 Å². The van der Waals surface area contributed by atoms with Gasteiger partial charge in [0, 0.05) is 42.9 Å². The van der Waals surface area contributed by atoms with Crippen molar-refractivity contribution in [2.75, 3.05) is 38.1 Å². The molecular formula is C22H20N4O. The molecule has 1 saturated heterocycles. The van der Waals surface area contributed by atoms with E-state index in [2.05, 4.69) is 16.8 Å². The van der Waals surface area contributed by atoms with E-state index < -0.39 is 0 Å². The molecule has 0 amide bonds. The molecule has 1 aliphatic heterocycles. The molecule has 5 rings (SSSR count). The third-order valence-corrected chi connectivity index (χ3v) is 5.38. The molecule has 0 atom stereocenters. The van der Waals surface area contributed by atoms with Crippen LogP contribution in [0.3, 0.4) is 0 Å². The first-order chi connectivity index (χ1) is 13.2. The summed E-state index contributed by atoms with van der Waals surface area (Å²) in [6, 6.07) is 17.7. The lowest BCUT2D eigenvalue weighted by molar-refractivity contribution is 0.104. The van der Waals surface area contributed by atoms with Gasteiger partial charge in [0.1, 0.15) is 0 Å². The van der Waals surface area contributed by atoms with Crippen LogP contribution in [0.4, 0.5) is 5.95 Å². The van der Waals surface area contributed by atoms with Crippen LogP contribution in [-0.2, 0) is 0 Å². The minimum absolute atomic E-state index is 0.0179. The zero-order valence-electron chi connectivity index (χ0n) is 15.2. The number of hydrogen-bond donors (Lipinski definition) is 0. The van der Waals surface area contributed by atoms with Gasteiger partial charge in [-0.25, -0.2) is 9.97 Å². The number of benzene rings is 2. The van der Waals surface area contributed by atoms with Crippen LogP contribution in [0.25, 0.3) is 22.5 Å². The summed E-state index contributed by atoms with van der Waals surface area (Å²) in [4.78, 5) is 27.4. The number of carbonyl (C=O) groups excluding carboxylic acids is 1. The van der Waals surface area contributed by atoms with E-state index in [0.717, 1.165) is 54.3 Å². The zero-order chi connectivity index (χ0) is 18.4. The molecule has 0 spiro atoms. The number of anilines is 1. The summed E-state index contributed by atoms with van der Waals surface area (Å²) in [5.41, 5.74) is 4.70. The van der Waals surface area contributed by atoms with Crippen molar-refractivity contribution < 1.29 is 4.79 Å². The first kappa shape index (κ1) is 16.1. The summed E-state index contributed by atoms with van der Waals surface area (Å²) < 4.78 is 0. The fourth-order valence-electron chi connectivity index (χ4n) is 3.83. The number of aromatic nitrogens is 2. The predicted molar refractivity (Wildman–Crippen MR) is 106 cm³/mol. The minimum atomic E-state index is 0.0179. The number of hydrogen-bond acceptors (Lipinski definition) is 5. The van der Waals surface area contributed by atoms with Crippen LogP contribution in [-0.4, -0.2) is 53.9 Å². The van der Waals surface area contributed by atoms with Gasteiger partial charge >= 0.3 is 0 Å². The van der Waals surface area contributed by atoms with Gasteiger partial charge in [-0.1, -0.05) is 54.6 Å². The zero-order valence-corrected chi connectivity index (χ0v) is 15.2. The second kappa shape index (κ2) is 6.28. The summed E-state index contributed by atoms with van der Waals surface area (Å²) in [5, 5.41) is 0. The Labute approximate surface area is 158 Å². The maximum Gasteiger partial charge on any atom is 0.226 e. The molecular weight excluding hydrogens is 336 g/mol. The lowest BCUT2D eigenvalue weighted by atomic mass is 10.0. The largest absolute Gasteiger partial charge is 0.338 e. The van der Waals surface area contributed by atoms with Crippen molar-refractivity contribution in [2.24, 2.45) is 0 Å². The molecule has 1 aliphatic carbocycles. The van der Waals surface area contributed by atoms with E-state index in [1.165, 1.54) is 0 Å². The van der Waals surface area contributed by atoms with Gasteiger partial charge < -0.3 is 9.80 Å². The average molecular weight is 356 g/mol. The van der Waals surface area contributed by atoms with Gasteiger partial charge in [0.15, 0.2) is 5.78 Å². The van der Waals surface area contributed by atoms with E-state index in [4.69, 9.17) is 9.97 Å². The highest BCUT2D eigenvalue weighted by atomic mass is 16.1. The maximum absolute atomic E-state index is 13.1. The van der Waals surface area contributed by atoms with Crippen molar-refractivity contribution in [1.82, 2.24) is 14.9 Å². The van der Waals surface area contributed by atoms with Gasteiger partial charge in [0.2, 0.25) is 5.95 Å². The van der Waals surface area contributed by atoms with Crippen LogP contribution in [0.5, 0.6) is 0 Å². The second-order valence-corrected chi connectivity index (χ2v) is 7.13. The van der Waals surface area contributed by atoms with Gasteiger partial charge in [-0.2, -0.15) is 0 Å². The molecule has 0 radical (unpaired) electrons.